The lowest BCUT2D eigenvalue weighted by Crippen LogP contribution is -2.12. The number of hydrogen-bond donors (Lipinski definition) is 1. The standard InChI is InChI=1S/C21H24N2O3/c1-15-19(16(2)26-23-15)14-25-20-10-9-18(11-21(20)24-3)13-22-12-17-7-5-4-6-8-17/h4-11,22H,12-14H2,1-3H3. The van der Waals surface area contributed by atoms with E-state index in [1.165, 1.54) is 5.56 Å². The molecule has 0 aliphatic heterocycles. The van der Waals surface area contributed by atoms with E-state index in [1.54, 1.807) is 7.11 Å². The van der Waals surface area contributed by atoms with Gasteiger partial charge in [-0.25, -0.2) is 0 Å². The third-order valence-electron chi connectivity index (χ3n) is 4.28. The number of nitrogens with zero attached hydrogens (tertiary/aromatic N) is 1. The average molecular weight is 352 g/mol. The summed E-state index contributed by atoms with van der Waals surface area (Å²) in [5, 5.41) is 7.39. The van der Waals surface area contributed by atoms with E-state index in [4.69, 9.17) is 14.0 Å². The van der Waals surface area contributed by atoms with Gasteiger partial charge in [-0.3, -0.25) is 0 Å². The maximum Gasteiger partial charge on any atom is 0.161 e. The predicted molar refractivity (Wildman–Crippen MR) is 100 cm³/mol. The number of rotatable bonds is 8. The van der Waals surface area contributed by atoms with Crippen LogP contribution in [0.25, 0.3) is 0 Å². The van der Waals surface area contributed by atoms with E-state index in [0.717, 1.165) is 41.4 Å². The van der Waals surface area contributed by atoms with Gasteiger partial charge in [0.2, 0.25) is 0 Å². The van der Waals surface area contributed by atoms with Crippen LogP contribution in [0.15, 0.2) is 53.1 Å². The van der Waals surface area contributed by atoms with E-state index in [-0.39, 0.29) is 0 Å². The first-order valence-corrected chi connectivity index (χ1v) is 8.63. The molecule has 0 unspecified atom stereocenters. The fourth-order valence-corrected chi connectivity index (χ4v) is 2.75. The maximum atomic E-state index is 5.92. The van der Waals surface area contributed by atoms with Crippen LogP contribution in [0.1, 0.15) is 28.1 Å². The highest BCUT2D eigenvalue weighted by Gasteiger charge is 2.12. The Balaban J connectivity index is 1.60. The topological polar surface area (TPSA) is 56.5 Å². The van der Waals surface area contributed by atoms with Crippen molar-refractivity contribution in [2.45, 2.75) is 33.5 Å². The predicted octanol–water partition coefficient (Wildman–Crippen LogP) is 4.17. The Kier molecular flexibility index (Phi) is 5.92. The molecular formula is C21H24N2O3. The largest absolute Gasteiger partial charge is 0.493 e. The second-order valence-electron chi connectivity index (χ2n) is 6.17. The molecule has 0 amide bonds. The molecule has 1 heterocycles. The molecule has 0 spiro atoms. The molecular weight excluding hydrogens is 328 g/mol. The molecule has 136 valence electrons. The van der Waals surface area contributed by atoms with Crippen LogP contribution >= 0.6 is 0 Å². The van der Waals surface area contributed by atoms with Crippen molar-refractivity contribution >= 4 is 0 Å². The van der Waals surface area contributed by atoms with Crippen molar-refractivity contribution in [3.8, 4) is 11.5 Å². The molecule has 1 N–H and O–H groups in total. The fourth-order valence-electron chi connectivity index (χ4n) is 2.75. The van der Waals surface area contributed by atoms with Crippen LogP contribution in [0.3, 0.4) is 0 Å². The van der Waals surface area contributed by atoms with Crippen molar-refractivity contribution in [3.63, 3.8) is 0 Å². The molecule has 26 heavy (non-hydrogen) atoms. The Hall–Kier alpha value is -2.79. The van der Waals surface area contributed by atoms with Crippen LogP contribution < -0.4 is 14.8 Å². The minimum absolute atomic E-state index is 0.406. The number of methoxy groups -OCH3 is 1. The quantitative estimate of drug-likeness (QED) is 0.659. The molecule has 1 aromatic heterocycles. The van der Waals surface area contributed by atoms with Gasteiger partial charge in [-0.1, -0.05) is 41.6 Å². The normalized spacial score (nSPS) is 10.7. The molecule has 2 aromatic carbocycles. The van der Waals surface area contributed by atoms with Crippen molar-refractivity contribution in [2.75, 3.05) is 7.11 Å². The summed E-state index contributed by atoms with van der Waals surface area (Å²) in [4.78, 5) is 0. The first kappa shape index (κ1) is 18.0. The third-order valence-corrected chi connectivity index (χ3v) is 4.28. The van der Waals surface area contributed by atoms with Crippen LogP contribution in [-0.2, 0) is 19.7 Å². The second-order valence-corrected chi connectivity index (χ2v) is 6.17. The smallest absolute Gasteiger partial charge is 0.161 e. The van der Waals surface area contributed by atoms with Crippen molar-refractivity contribution in [1.82, 2.24) is 10.5 Å². The molecule has 5 nitrogen and oxygen atoms in total. The molecule has 0 atom stereocenters. The highest BCUT2D eigenvalue weighted by molar-refractivity contribution is 5.43. The van der Waals surface area contributed by atoms with E-state index < -0.39 is 0 Å². The molecule has 0 bridgehead atoms. The van der Waals surface area contributed by atoms with Gasteiger partial charge >= 0.3 is 0 Å². The van der Waals surface area contributed by atoms with Gasteiger partial charge in [-0.15, -0.1) is 0 Å². The number of aromatic nitrogens is 1. The Morgan fingerprint density at radius 1 is 0.962 bits per heavy atom. The molecule has 5 heteroatoms. The summed E-state index contributed by atoms with van der Waals surface area (Å²) >= 11 is 0. The number of nitrogens with one attached hydrogen (secondary N) is 1. The highest BCUT2D eigenvalue weighted by Crippen LogP contribution is 2.29. The molecule has 3 aromatic rings. The number of ether oxygens (including phenoxy) is 2. The van der Waals surface area contributed by atoms with Crippen molar-refractivity contribution < 1.29 is 14.0 Å². The van der Waals surface area contributed by atoms with Crippen molar-refractivity contribution in [3.05, 3.63) is 76.7 Å². The molecule has 0 fully saturated rings. The Morgan fingerprint density at radius 3 is 2.42 bits per heavy atom. The van der Waals surface area contributed by atoms with E-state index >= 15 is 0 Å². The zero-order valence-corrected chi connectivity index (χ0v) is 15.4. The summed E-state index contributed by atoms with van der Waals surface area (Å²) in [7, 11) is 1.65. The van der Waals surface area contributed by atoms with Crippen LogP contribution in [0.4, 0.5) is 0 Å². The highest BCUT2D eigenvalue weighted by atomic mass is 16.5. The zero-order valence-electron chi connectivity index (χ0n) is 15.4. The molecule has 0 aliphatic carbocycles. The molecule has 0 aliphatic rings. The van der Waals surface area contributed by atoms with E-state index in [1.807, 2.05) is 50.2 Å². The minimum Gasteiger partial charge on any atom is -0.493 e. The molecule has 0 saturated heterocycles. The monoisotopic (exact) mass is 352 g/mol. The summed E-state index contributed by atoms with van der Waals surface area (Å²) in [6, 6.07) is 16.3. The van der Waals surface area contributed by atoms with Gasteiger partial charge < -0.3 is 19.3 Å². The van der Waals surface area contributed by atoms with Gasteiger partial charge in [0.1, 0.15) is 12.4 Å². The van der Waals surface area contributed by atoms with E-state index in [9.17, 15) is 0 Å². The third kappa shape index (κ3) is 4.43. The molecule has 0 radical (unpaired) electrons. The van der Waals surface area contributed by atoms with Crippen LogP contribution in [0.2, 0.25) is 0 Å². The number of benzene rings is 2. The number of aryl methyl sites for hydroxylation is 2. The van der Waals surface area contributed by atoms with Crippen LogP contribution in [0.5, 0.6) is 11.5 Å². The average Bonchev–Trinajstić information content (AvgIpc) is 2.99. The first-order chi connectivity index (χ1) is 12.7. The first-order valence-electron chi connectivity index (χ1n) is 8.63. The van der Waals surface area contributed by atoms with E-state index in [0.29, 0.717) is 12.4 Å². The molecule has 0 saturated carbocycles. The lowest BCUT2D eigenvalue weighted by molar-refractivity contribution is 0.281. The Bertz CT molecular complexity index is 824. The van der Waals surface area contributed by atoms with Crippen molar-refractivity contribution in [1.29, 1.82) is 0 Å². The van der Waals surface area contributed by atoms with Gasteiger partial charge in [0.25, 0.3) is 0 Å². The summed E-state index contributed by atoms with van der Waals surface area (Å²) < 4.78 is 16.6. The second kappa shape index (κ2) is 8.54. The van der Waals surface area contributed by atoms with Crippen LogP contribution in [-0.4, -0.2) is 12.3 Å². The van der Waals surface area contributed by atoms with Gasteiger partial charge in [-0.05, 0) is 37.1 Å². The van der Waals surface area contributed by atoms with Gasteiger partial charge in [0.15, 0.2) is 11.5 Å². The lowest BCUT2D eigenvalue weighted by atomic mass is 10.2. The maximum absolute atomic E-state index is 5.92. The fraction of sp³-hybridized carbons (Fsp3) is 0.286. The van der Waals surface area contributed by atoms with Gasteiger partial charge in [0, 0.05) is 13.1 Å². The van der Waals surface area contributed by atoms with Gasteiger partial charge in [-0.2, -0.15) is 0 Å². The summed E-state index contributed by atoms with van der Waals surface area (Å²) in [6.45, 7) is 5.79. The van der Waals surface area contributed by atoms with Crippen molar-refractivity contribution in [2.24, 2.45) is 0 Å². The summed E-state index contributed by atoms with van der Waals surface area (Å²) in [5.74, 6) is 2.21. The van der Waals surface area contributed by atoms with Gasteiger partial charge in [0.05, 0.1) is 18.4 Å². The minimum atomic E-state index is 0.406. The summed E-state index contributed by atoms with van der Waals surface area (Å²) in [6.07, 6.45) is 0. The molecule has 3 rings (SSSR count). The zero-order chi connectivity index (χ0) is 18.4. The number of hydrogen-bond acceptors (Lipinski definition) is 5. The summed E-state index contributed by atoms with van der Waals surface area (Å²) in [5.41, 5.74) is 4.23. The SMILES string of the molecule is COc1cc(CNCc2ccccc2)ccc1OCc1c(C)noc1C. The van der Waals surface area contributed by atoms with Crippen LogP contribution in [0, 0.1) is 13.8 Å². The Morgan fingerprint density at radius 2 is 1.73 bits per heavy atom. The van der Waals surface area contributed by atoms with E-state index in [2.05, 4.69) is 22.6 Å². The Labute approximate surface area is 153 Å². The lowest BCUT2D eigenvalue weighted by Gasteiger charge is -2.13.